The second-order valence-electron chi connectivity index (χ2n) is 4.70. The number of aliphatic hydroxyl groups is 1. The predicted molar refractivity (Wildman–Crippen MR) is 76.5 cm³/mol. The van der Waals surface area contributed by atoms with Crippen LogP contribution in [0.5, 0.6) is 11.5 Å². The van der Waals surface area contributed by atoms with Gasteiger partial charge in [0.2, 0.25) is 5.91 Å². The number of halogens is 2. The molecule has 0 bridgehead atoms. The Balaban J connectivity index is 2.20. The van der Waals surface area contributed by atoms with Gasteiger partial charge in [-0.25, -0.2) is 8.78 Å². The van der Waals surface area contributed by atoms with E-state index in [4.69, 9.17) is 9.84 Å². The molecule has 2 aromatic carbocycles. The maximum absolute atomic E-state index is 13.9. The molecule has 22 heavy (non-hydrogen) atoms. The highest BCUT2D eigenvalue weighted by Crippen LogP contribution is 2.27. The van der Waals surface area contributed by atoms with Gasteiger partial charge >= 0.3 is 0 Å². The molecule has 0 aliphatic heterocycles. The van der Waals surface area contributed by atoms with Crippen LogP contribution in [0.3, 0.4) is 0 Å². The number of benzene rings is 2. The lowest BCUT2D eigenvalue weighted by Gasteiger charge is -2.12. The van der Waals surface area contributed by atoms with Gasteiger partial charge < -0.3 is 15.2 Å². The molecule has 0 atom stereocenters. The Kier molecular flexibility index (Phi) is 5.06. The third kappa shape index (κ3) is 4.02. The number of aryl methyl sites for hydroxylation is 1. The number of aliphatic hydroxyl groups excluding tert-OH is 1. The van der Waals surface area contributed by atoms with Crippen molar-refractivity contribution < 1.29 is 23.4 Å². The number of nitrogens with one attached hydrogen (secondary N) is 1. The summed E-state index contributed by atoms with van der Waals surface area (Å²) < 4.78 is 32.3. The van der Waals surface area contributed by atoms with Crippen LogP contribution in [0, 0.1) is 18.6 Å². The Hall–Kier alpha value is -2.47. The van der Waals surface area contributed by atoms with Gasteiger partial charge in [0.05, 0.1) is 0 Å². The van der Waals surface area contributed by atoms with Crippen LogP contribution in [-0.4, -0.2) is 17.6 Å². The molecule has 0 saturated carbocycles. The van der Waals surface area contributed by atoms with Gasteiger partial charge in [0.1, 0.15) is 29.7 Å². The highest BCUT2D eigenvalue weighted by Gasteiger charge is 2.10. The van der Waals surface area contributed by atoms with Gasteiger partial charge in [-0.1, -0.05) is 0 Å². The number of hydrogen-bond donors (Lipinski definition) is 2. The van der Waals surface area contributed by atoms with Crippen molar-refractivity contribution >= 4 is 5.91 Å². The van der Waals surface area contributed by atoms with E-state index in [-0.39, 0.29) is 17.9 Å². The van der Waals surface area contributed by atoms with E-state index >= 15 is 0 Å². The number of amides is 1. The molecule has 0 aliphatic carbocycles. The van der Waals surface area contributed by atoms with E-state index in [1.54, 1.807) is 6.92 Å². The van der Waals surface area contributed by atoms with E-state index in [1.807, 2.05) is 0 Å². The molecule has 0 saturated heterocycles. The fourth-order valence-corrected chi connectivity index (χ4v) is 1.82. The number of rotatable bonds is 5. The molecule has 2 aromatic rings. The fourth-order valence-electron chi connectivity index (χ4n) is 1.82. The zero-order valence-electron chi connectivity index (χ0n) is 11.9. The van der Waals surface area contributed by atoms with E-state index < -0.39 is 18.3 Å². The molecule has 2 rings (SSSR count). The van der Waals surface area contributed by atoms with Crippen molar-refractivity contribution in [1.29, 1.82) is 0 Å². The van der Waals surface area contributed by atoms with Crippen LogP contribution in [0.1, 0.15) is 11.1 Å². The zero-order chi connectivity index (χ0) is 16.1. The molecule has 4 nitrogen and oxygen atoms in total. The molecule has 116 valence electrons. The minimum atomic E-state index is -0.660. The molecule has 0 radical (unpaired) electrons. The predicted octanol–water partition coefficient (Wildman–Crippen LogP) is 2.67. The molecule has 0 heterocycles. The van der Waals surface area contributed by atoms with Gasteiger partial charge in [-0.3, -0.25) is 4.79 Å². The summed E-state index contributed by atoms with van der Waals surface area (Å²) in [6, 6.07) is 8.20. The quantitative estimate of drug-likeness (QED) is 0.893. The third-order valence-electron chi connectivity index (χ3n) is 3.01. The first kappa shape index (κ1) is 15.9. The largest absolute Gasteiger partial charge is 0.457 e. The SMILES string of the molecule is Cc1cc(F)c(CNC(=O)CO)cc1Oc1ccc(F)cc1. The van der Waals surface area contributed by atoms with Crippen LogP contribution >= 0.6 is 0 Å². The maximum Gasteiger partial charge on any atom is 0.245 e. The Morgan fingerprint density at radius 1 is 1.23 bits per heavy atom. The lowest BCUT2D eigenvalue weighted by molar-refractivity contribution is -0.123. The lowest BCUT2D eigenvalue weighted by Crippen LogP contribution is -2.26. The standard InChI is InChI=1S/C16H15F2NO3/c1-10-6-14(18)11(8-19-16(21)9-20)7-15(10)22-13-4-2-12(17)3-5-13/h2-7,20H,8-9H2,1H3,(H,19,21). The average molecular weight is 307 g/mol. The normalized spacial score (nSPS) is 10.4. The summed E-state index contributed by atoms with van der Waals surface area (Å²) in [7, 11) is 0. The first-order valence-corrected chi connectivity index (χ1v) is 6.59. The maximum atomic E-state index is 13.9. The van der Waals surface area contributed by atoms with Crippen molar-refractivity contribution in [3.8, 4) is 11.5 Å². The van der Waals surface area contributed by atoms with Gasteiger partial charge in [-0.05, 0) is 48.9 Å². The summed E-state index contributed by atoms with van der Waals surface area (Å²) in [4.78, 5) is 11.0. The van der Waals surface area contributed by atoms with Gasteiger partial charge in [0, 0.05) is 12.1 Å². The molecule has 2 N–H and O–H groups in total. The van der Waals surface area contributed by atoms with Crippen LogP contribution in [-0.2, 0) is 11.3 Å². The smallest absolute Gasteiger partial charge is 0.245 e. The summed E-state index contributed by atoms with van der Waals surface area (Å²) >= 11 is 0. The minimum Gasteiger partial charge on any atom is -0.457 e. The van der Waals surface area contributed by atoms with Crippen LogP contribution in [0.4, 0.5) is 8.78 Å². The van der Waals surface area contributed by atoms with Gasteiger partial charge in [-0.2, -0.15) is 0 Å². The highest BCUT2D eigenvalue weighted by molar-refractivity contribution is 5.76. The Morgan fingerprint density at radius 2 is 1.91 bits per heavy atom. The first-order chi connectivity index (χ1) is 10.5. The number of hydrogen-bond acceptors (Lipinski definition) is 3. The molecule has 1 amide bonds. The number of carbonyl (C=O) groups excluding carboxylic acids is 1. The molecule has 0 aliphatic rings. The summed E-state index contributed by atoms with van der Waals surface area (Å²) in [5.41, 5.74) is 0.795. The topological polar surface area (TPSA) is 58.6 Å². The summed E-state index contributed by atoms with van der Waals surface area (Å²) in [5.74, 6) is -0.638. The molecule has 0 spiro atoms. The molecule has 6 heteroatoms. The first-order valence-electron chi connectivity index (χ1n) is 6.59. The van der Waals surface area contributed by atoms with Gasteiger partial charge in [-0.15, -0.1) is 0 Å². The highest BCUT2D eigenvalue weighted by atomic mass is 19.1. The van der Waals surface area contributed by atoms with Gasteiger partial charge in [0.25, 0.3) is 0 Å². The van der Waals surface area contributed by atoms with E-state index in [1.165, 1.54) is 36.4 Å². The molecular formula is C16H15F2NO3. The fraction of sp³-hybridized carbons (Fsp3) is 0.188. The van der Waals surface area contributed by atoms with E-state index in [0.29, 0.717) is 17.1 Å². The molecular weight excluding hydrogens is 292 g/mol. The van der Waals surface area contributed by atoms with Crippen molar-refractivity contribution in [2.75, 3.05) is 6.61 Å². The summed E-state index contributed by atoms with van der Waals surface area (Å²) in [5, 5.41) is 11.0. The van der Waals surface area contributed by atoms with Crippen molar-refractivity contribution in [3.05, 3.63) is 59.2 Å². The Morgan fingerprint density at radius 3 is 2.55 bits per heavy atom. The minimum absolute atomic E-state index is 0.0642. The van der Waals surface area contributed by atoms with Crippen molar-refractivity contribution in [3.63, 3.8) is 0 Å². The van der Waals surface area contributed by atoms with Crippen LogP contribution in [0.2, 0.25) is 0 Å². The van der Waals surface area contributed by atoms with Crippen LogP contribution < -0.4 is 10.1 Å². The van der Waals surface area contributed by atoms with E-state index in [0.717, 1.165) is 0 Å². The summed E-state index contributed by atoms with van der Waals surface area (Å²) in [6.07, 6.45) is 0. The second-order valence-corrected chi connectivity index (χ2v) is 4.70. The Labute approximate surface area is 126 Å². The van der Waals surface area contributed by atoms with Crippen LogP contribution in [0.25, 0.3) is 0 Å². The van der Waals surface area contributed by atoms with Gasteiger partial charge in [0.15, 0.2) is 0 Å². The zero-order valence-corrected chi connectivity index (χ0v) is 11.9. The molecule has 0 aromatic heterocycles. The van der Waals surface area contributed by atoms with E-state index in [9.17, 15) is 13.6 Å². The number of carbonyl (C=O) groups is 1. The third-order valence-corrected chi connectivity index (χ3v) is 3.01. The second kappa shape index (κ2) is 7.00. The molecule has 0 unspecified atom stereocenters. The Bertz CT molecular complexity index is 672. The van der Waals surface area contributed by atoms with Crippen LogP contribution in [0.15, 0.2) is 36.4 Å². The van der Waals surface area contributed by atoms with Crippen molar-refractivity contribution in [1.82, 2.24) is 5.32 Å². The average Bonchev–Trinajstić information content (AvgIpc) is 2.50. The van der Waals surface area contributed by atoms with Crippen molar-refractivity contribution in [2.45, 2.75) is 13.5 Å². The number of ether oxygens (including phenoxy) is 1. The lowest BCUT2D eigenvalue weighted by atomic mass is 10.1. The molecule has 0 fully saturated rings. The summed E-state index contributed by atoms with van der Waals surface area (Å²) in [6.45, 7) is 0.954. The van der Waals surface area contributed by atoms with E-state index in [2.05, 4.69) is 5.32 Å². The monoisotopic (exact) mass is 307 g/mol. The van der Waals surface area contributed by atoms with Crippen molar-refractivity contribution in [2.24, 2.45) is 0 Å².